The summed E-state index contributed by atoms with van der Waals surface area (Å²) < 4.78 is 48.7. The number of benzene rings is 2. The van der Waals surface area contributed by atoms with Gasteiger partial charge in [0.1, 0.15) is 17.5 Å². The van der Waals surface area contributed by atoms with E-state index in [1.54, 1.807) is 36.3 Å². The summed E-state index contributed by atoms with van der Waals surface area (Å²) in [5, 5.41) is 13.3. The summed E-state index contributed by atoms with van der Waals surface area (Å²) in [6.45, 7) is 2.03. The smallest absolute Gasteiger partial charge is 0.475 e. The van der Waals surface area contributed by atoms with Crippen LogP contribution in [0.15, 0.2) is 67.0 Å². The average Bonchev–Trinajstić information content (AvgIpc) is 3.31. The van der Waals surface area contributed by atoms with E-state index in [9.17, 15) is 13.2 Å². The van der Waals surface area contributed by atoms with Gasteiger partial charge in [0, 0.05) is 41.6 Å². The fourth-order valence-corrected chi connectivity index (χ4v) is 4.21. The van der Waals surface area contributed by atoms with Crippen molar-refractivity contribution in [3.05, 3.63) is 95.5 Å². The number of nitrogen functional groups attached to an aromatic ring is 2. The molecular weight excluding hydrogens is 542 g/mol. The van der Waals surface area contributed by atoms with Crippen LogP contribution in [0.4, 0.5) is 29.1 Å². The standard InChI is InChI=1S/C26H24FN7.C2HF3O2/c1-3-15-4-7-21(27)20(12-15)23(22-14-17-13-18(28)5-6-19(17)24(29)31-22)26-32-25(33-34(26)2)16-8-10-30-11-9-16;3-2(4,5)1(6)7/h4-14,23H,3,28H2,1-2H3,(H2,29,31);(H,6,7). The van der Waals surface area contributed by atoms with Gasteiger partial charge in [-0.2, -0.15) is 18.3 Å². The Morgan fingerprint density at radius 2 is 1.71 bits per heavy atom. The lowest BCUT2D eigenvalue weighted by Gasteiger charge is -2.19. The number of anilines is 2. The van der Waals surface area contributed by atoms with Crippen LogP contribution in [0, 0.1) is 5.82 Å². The number of carboxylic acid groups (broad SMARTS) is 1. The molecule has 5 aromatic rings. The SMILES string of the molecule is CCc1ccc(F)c(C(c2cc3cc(N)ccc3c(N)n2)c2nc(-c3ccncc3)nn2C)c1.O=C(O)C(F)(F)F. The Morgan fingerprint density at radius 3 is 2.34 bits per heavy atom. The van der Waals surface area contributed by atoms with Crippen LogP contribution in [0.1, 0.15) is 35.5 Å². The average molecular weight is 568 g/mol. The monoisotopic (exact) mass is 567 g/mol. The zero-order chi connectivity index (χ0) is 29.9. The van der Waals surface area contributed by atoms with Crippen LogP contribution in [0.3, 0.4) is 0 Å². The van der Waals surface area contributed by atoms with E-state index in [1.165, 1.54) is 6.07 Å². The van der Waals surface area contributed by atoms with E-state index in [1.807, 2.05) is 43.3 Å². The van der Waals surface area contributed by atoms with Crippen LogP contribution in [0.2, 0.25) is 0 Å². The molecule has 0 fully saturated rings. The fourth-order valence-electron chi connectivity index (χ4n) is 4.21. The number of pyridine rings is 2. The lowest BCUT2D eigenvalue weighted by atomic mass is 9.91. The van der Waals surface area contributed by atoms with Gasteiger partial charge in [-0.1, -0.05) is 19.1 Å². The normalized spacial score (nSPS) is 12.0. The second-order valence-corrected chi connectivity index (χ2v) is 9.01. The number of fused-ring (bicyclic) bond motifs is 1. The summed E-state index contributed by atoms with van der Waals surface area (Å²) in [7, 11) is 1.80. The maximum absolute atomic E-state index is 15.3. The van der Waals surface area contributed by atoms with Crippen molar-refractivity contribution in [1.29, 1.82) is 0 Å². The van der Waals surface area contributed by atoms with Gasteiger partial charge in [0.2, 0.25) is 0 Å². The number of rotatable bonds is 5. The minimum absolute atomic E-state index is 0.344. The first-order valence-corrected chi connectivity index (χ1v) is 12.2. The van der Waals surface area contributed by atoms with Crippen molar-refractivity contribution in [3.63, 3.8) is 0 Å². The van der Waals surface area contributed by atoms with Crippen LogP contribution >= 0.6 is 0 Å². The minimum atomic E-state index is -5.08. The zero-order valence-corrected chi connectivity index (χ0v) is 21.9. The Hall–Kier alpha value is -5.07. The summed E-state index contributed by atoms with van der Waals surface area (Å²) >= 11 is 0. The van der Waals surface area contributed by atoms with Crippen LogP contribution in [0.5, 0.6) is 0 Å². The van der Waals surface area contributed by atoms with Gasteiger partial charge >= 0.3 is 12.1 Å². The summed E-state index contributed by atoms with van der Waals surface area (Å²) in [5.74, 6) is -2.31. The van der Waals surface area contributed by atoms with E-state index in [0.717, 1.165) is 28.3 Å². The third-order valence-corrected chi connectivity index (χ3v) is 6.22. The topological polar surface area (TPSA) is 146 Å². The highest BCUT2D eigenvalue weighted by Gasteiger charge is 2.38. The Labute approximate surface area is 231 Å². The van der Waals surface area contributed by atoms with Gasteiger partial charge in [0.05, 0.1) is 11.6 Å². The summed E-state index contributed by atoms with van der Waals surface area (Å²) in [4.78, 5) is 22.4. The molecular formula is C28H25F4N7O2. The molecule has 2 aromatic carbocycles. The highest BCUT2D eigenvalue weighted by Crippen LogP contribution is 2.36. The molecule has 1 atom stereocenters. The molecule has 3 aromatic heterocycles. The molecule has 212 valence electrons. The Kier molecular flexibility index (Phi) is 8.17. The Balaban J connectivity index is 0.000000493. The number of nitrogens with two attached hydrogens (primary N) is 2. The van der Waals surface area contributed by atoms with Crippen LogP contribution < -0.4 is 11.5 Å². The molecule has 0 aliphatic heterocycles. The molecule has 41 heavy (non-hydrogen) atoms. The van der Waals surface area contributed by atoms with E-state index >= 15 is 4.39 Å². The lowest BCUT2D eigenvalue weighted by Crippen LogP contribution is -2.21. The summed E-state index contributed by atoms with van der Waals surface area (Å²) in [6.07, 6.45) is -0.947. The molecule has 5 rings (SSSR count). The summed E-state index contributed by atoms with van der Waals surface area (Å²) in [6, 6.07) is 16.2. The molecule has 1 unspecified atom stereocenters. The van der Waals surface area contributed by atoms with E-state index in [-0.39, 0.29) is 5.82 Å². The van der Waals surface area contributed by atoms with Gasteiger partial charge in [-0.25, -0.2) is 19.2 Å². The first-order valence-electron chi connectivity index (χ1n) is 12.2. The van der Waals surface area contributed by atoms with Crippen molar-refractivity contribution in [1.82, 2.24) is 24.7 Å². The van der Waals surface area contributed by atoms with Gasteiger partial charge in [-0.15, -0.1) is 0 Å². The van der Waals surface area contributed by atoms with Gasteiger partial charge in [-0.3, -0.25) is 9.67 Å². The van der Waals surface area contributed by atoms with E-state index in [0.29, 0.717) is 34.4 Å². The molecule has 0 aliphatic rings. The molecule has 0 saturated heterocycles. The predicted octanol–water partition coefficient (Wildman–Crippen LogP) is 5.10. The maximum atomic E-state index is 15.3. The highest BCUT2D eigenvalue weighted by molar-refractivity contribution is 5.93. The summed E-state index contributed by atoms with van der Waals surface area (Å²) in [5.41, 5.74) is 15.8. The fraction of sp³-hybridized carbons (Fsp3) is 0.179. The van der Waals surface area contributed by atoms with Crippen molar-refractivity contribution in [2.75, 3.05) is 11.5 Å². The molecule has 13 heteroatoms. The number of carboxylic acids is 1. The zero-order valence-electron chi connectivity index (χ0n) is 21.9. The number of halogens is 4. The van der Waals surface area contributed by atoms with Crippen molar-refractivity contribution in [3.8, 4) is 11.4 Å². The number of hydrogen-bond acceptors (Lipinski definition) is 7. The molecule has 0 saturated carbocycles. The van der Waals surface area contributed by atoms with Crippen molar-refractivity contribution >= 4 is 28.2 Å². The molecule has 0 spiro atoms. The number of aryl methyl sites for hydroxylation is 2. The van der Waals surface area contributed by atoms with Gasteiger partial charge in [-0.05, 0) is 59.8 Å². The number of nitrogens with zero attached hydrogens (tertiary/aromatic N) is 5. The van der Waals surface area contributed by atoms with Gasteiger partial charge in [0.25, 0.3) is 0 Å². The number of alkyl halides is 3. The molecule has 0 aliphatic carbocycles. The number of hydrogen-bond donors (Lipinski definition) is 3. The third kappa shape index (κ3) is 6.40. The second-order valence-electron chi connectivity index (χ2n) is 9.01. The molecule has 0 bridgehead atoms. The first-order chi connectivity index (χ1) is 19.4. The number of carbonyl (C=O) groups is 1. The Bertz CT molecular complexity index is 1710. The van der Waals surface area contributed by atoms with Gasteiger partial charge in [0.15, 0.2) is 5.82 Å². The molecule has 5 N–H and O–H groups in total. The quantitative estimate of drug-likeness (QED) is 0.196. The first kappa shape index (κ1) is 28.9. The molecule has 3 heterocycles. The number of aromatic nitrogens is 5. The largest absolute Gasteiger partial charge is 0.490 e. The third-order valence-electron chi connectivity index (χ3n) is 6.22. The minimum Gasteiger partial charge on any atom is -0.475 e. The molecule has 0 radical (unpaired) electrons. The van der Waals surface area contributed by atoms with Crippen molar-refractivity contribution in [2.24, 2.45) is 7.05 Å². The molecule has 9 nitrogen and oxygen atoms in total. The lowest BCUT2D eigenvalue weighted by molar-refractivity contribution is -0.192. The molecule has 0 amide bonds. The second kappa shape index (κ2) is 11.6. The van der Waals surface area contributed by atoms with E-state index in [4.69, 9.17) is 26.4 Å². The van der Waals surface area contributed by atoms with Crippen molar-refractivity contribution < 1.29 is 27.5 Å². The van der Waals surface area contributed by atoms with E-state index in [2.05, 4.69) is 15.1 Å². The predicted molar refractivity (Wildman–Crippen MR) is 145 cm³/mol. The Morgan fingerprint density at radius 1 is 1.02 bits per heavy atom. The maximum Gasteiger partial charge on any atom is 0.490 e. The van der Waals surface area contributed by atoms with Crippen molar-refractivity contribution in [2.45, 2.75) is 25.4 Å². The van der Waals surface area contributed by atoms with E-state index < -0.39 is 18.1 Å². The van der Waals surface area contributed by atoms with Crippen LogP contribution in [0.25, 0.3) is 22.2 Å². The van der Waals surface area contributed by atoms with Gasteiger partial charge < -0.3 is 16.6 Å². The van der Waals surface area contributed by atoms with Crippen LogP contribution in [-0.2, 0) is 18.3 Å². The van der Waals surface area contributed by atoms with Crippen LogP contribution in [-0.4, -0.2) is 42.0 Å². The highest BCUT2D eigenvalue weighted by atomic mass is 19.4. The number of aliphatic carboxylic acids is 1.